The maximum Gasteiger partial charge on any atom is 0.261 e. The summed E-state index contributed by atoms with van der Waals surface area (Å²) < 4.78 is 0. The largest absolute Gasteiger partial charge is 0.325 e. The first-order valence-corrected chi connectivity index (χ1v) is 8.38. The molecule has 0 bridgehead atoms. The fourth-order valence-corrected chi connectivity index (χ4v) is 3.28. The zero-order valence-electron chi connectivity index (χ0n) is 14.3. The highest BCUT2D eigenvalue weighted by molar-refractivity contribution is 6.30. The highest BCUT2D eigenvalue weighted by Crippen LogP contribution is 2.33. The molecule has 2 N–H and O–H groups in total. The molecule has 1 aliphatic rings. The Bertz CT molecular complexity index is 1030. The van der Waals surface area contributed by atoms with Gasteiger partial charge in [0.05, 0.1) is 11.3 Å². The predicted octanol–water partition coefficient (Wildman–Crippen LogP) is 3.31. The number of nitrogens with zero attached hydrogens (tertiary/aromatic N) is 1. The maximum atomic E-state index is 12.5. The number of hydrogen-bond donors (Lipinski definition) is 2. The van der Waals surface area contributed by atoms with Crippen molar-refractivity contribution in [2.75, 3.05) is 5.32 Å². The normalized spacial score (nSPS) is 15.1. The summed E-state index contributed by atoms with van der Waals surface area (Å²) in [5.41, 5.74) is 0.365. The minimum atomic E-state index is -0.689. The molecule has 0 saturated carbocycles. The summed E-state index contributed by atoms with van der Waals surface area (Å²) in [4.78, 5) is 39.9. The van der Waals surface area contributed by atoms with E-state index in [1.807, 2.05) is 19.9 Å². The molecular formula is C19H16ClN3O3. The highest BCUT2D eigenvalue weighted by atomic mass is 35.5. The van der Waals surface area contributed by atoms with Crippen LogP contribution in [0.4, 0.5) is 5.69 Å². The lowest BCUT2D eigenvalue weighted by molar-refractivity contribution is 0.0910. The van der Waals surface area contributed by atoms with E-state index in [-0.39, 0.29) is 28.0 Å². The van der Waals surface area contributed by atoms with E-state index in [0.717, 1.165) is 0 Å². The van der Waals surface area contributed by atoms with Crippen molar-refractivity contribution >= 4 is 29.0 Å². The van der Waals surface area contributed by atoms with Crippen LogP contribution in [0.5, 0.6) is 0 Å². The molecule has 3 rings (SSSR count). The molecule has 0 fully saturated rings. The lowest BCUT2D eigenvalue weighted by Crippen LogP contribution is -2.32. The number of hydrogen-bond acceptors (Lipinski definition) is 4. The molecule has 0 unspecified atom stereocenters. The third-order valence-corrected chi connectivity index (χ3v) is 4.55. The smallest absolute Gasteiger partial charge is 0.261 e. The van der Waals surface area contributed by atoms with Crippen LogP contribution in [0.25, 0.3) is 0 Å². The first-order valence-electron chi connectivity index (χ1n) is 8.00. The molecule has 0 saturated heterocycles. The summed E-state index contributed by atoms with van der Waals surface area (Å²) >= 11 is 5.84. The standard InChI is InChI=1S/C19H16ClN3O3/c1-19(2)7-15-12(16(24)8-19)6-13(18(26)23-15)17(25)22-14-4-3-11(20)5-10(14)9-21/h3-6H,7-8H2,1-2H3,(H,22,25)(H,23,26). The molecule has 26 heavy (non-hydrogen) atoms. The summed E-state index contributed by atoms with van der Waals surface area (Å²) in [5.74, 6) is -0.795. The molecule has 0 atom stereocenters. The molecule has 1 aromatic carbocycles. The molecule has 7 heteroatoms. The van der Waals surface area contributed by atoms with Gasteiger partial charge in [-0.15, -0.1) is 0 Å². The van der Waals surface area contributed by atoms with E-state index in [1.165, 1.54) is 24.3 Å². The third kappa shape index (κ3) is 3.39. The van der Waals surface area contributed by atoms with Crippen molar-refractivity contribution in [3.8, 4) is 6.07 Å². The first-order chi connectivity index (χ1) is 12.2. The second kappa shape index (κ2) is 6.43. The Balaban J connectivity index is 1.97. The highest BCUT2D eigenvalue weighted by Gasteiger charge is 2.32. The number of halogens is 1. The Morgan fingerprint density at radius 2 is 2.00 bits per heavy atom. The van der Waals surface area contributed by atoms with Gasteiger partial charge in [-0.1, -0.05) is 25.4 Å². The van der Waals surface area contributed by atoms with Crippen LogP contribution in [0.1, 0.15) is 52.2 Å². The molecule has 1 heterocycles. The monoisotopic (exact) mass is 369 g/mol. The van der Waals surface area contributed by atoms with Crippen LogP contribution >= 0.6 is 11.6 Å². The van der Waals surface area contributed by atoms with Crippen LogP contribution in [-0.2, 0) is 6.42 Å². The Hall–Kier alpha value is -2.91. The third-order valence-electron chi connectivity index (χ3n) is 4.31. The number of fused-ring (bicyclic) bond motifs is 1. The van der Waals surface area contributed by atoms with Crippen molar-refractivity contribution in [3.63, 3.8) is 0 Å². The van der Waals surface area contributed by atoms with Gasteiger partial charge in [0, 0.05) is 22.7 Å². The number of H-pyrrole nitrogens is 1. The number of anilines is 1. The van der Waals surface area contributed by atoms with Crippen molar-refractivity contribution in [1.29, 1.82) is 5.26 Å². The molecule has 132 valence electrons. The SMILES string of the molecule is CC1(C)CC(=O)c2cc(C(=O)Nc3ccc(Cl)cc3C#N)c(=O)[nH]c2C1. The number of nitrogens with one attached hydrogen (secondary N) is 2. The van der Waals surface area contributed by atoms with Crippen LogP contribution in [0, 0.1) is 16.7 Å². The molecule has 1 aromatic heterocycles. The van der Waals surface area contributed by atoms with E-state index in [1.54, 1.807) is 0 Å². The Labute approximate surface area is 154 Å². The fraction of sp³-hybridized carbons (Fsp3) is 0.263. The zero-order chi connectivity index (χ0) is 19.1. The molecular weight excluding hydrogens is 354 g/mol. The summed E-state index contributed by atoms with van der Waals surface area (Å²) in [5, 5.41) is 12.0. The number of ketones is 1. The van der Waals surface area contributed by atoms with Gasteiger partial charge >= 0.3 is 0 Å². The van der Waals surface area contributed by atoms with Gasteiger partial charge in [0.15, 0.2) is 5.78 Å². The van der Waals surface area contributed by atoms with E-state index < -0.39 is 11.5 Å². The minimum Gasteiger partial charge on any atom is -0.325 e. The van der Waals surface area contributed by atoms with Gasteiger partial charge in [-0.2, -0.15) is 5.26 Å². The fourth-order valence-electron chi connectivity index (χ4n) is 3.10. The summed E-state index contributed by atoms with van der Waals surface area (Å²) in [7, 11) is 0. The topological polar surface area (TPSA) is 103 Å². The van der Waals surface area contributed by atoms with Crippen molar-refractivity contribution in [3.05, 3.63) is 62.0 Å². The van der Waals surface area contributed by atoms with Gasteiger partial charge in [0.25, 0.3) is 11.5 Å². The molecule has 0 spiro atoms. The zero-order valence-corrected chi connectivity index (χ0v) is 15.0. The lowest BCUT2D eigenvalue weighted by atomic mass is 9.75. The van der Waals surface area contributed by atoms with Gasteiger partial charge in [-0.25, -0.2) is 0 Å². The summed E-state index contributed by atoms with van der Waals surface area (Å²) in [6, 6.07) is 7.70. The summed E-state index contributed by atoms with van der Waals surface area (Å²) in [6.07, 6.45) is 0.907. The molecule has 6 nitrogen and oxygen atoms in total. The second-order valence-electron chi connectivity index (χ2n) is 7.10. The van der Waals surface area contributed by atoms with Crippen molar-refractivity contribution in [2.24, 2.45) is 5.41 Å². The van der Waals surface area contributed by atoms with Gasteiger partial charge in [0.2, 0.25) is 0 Å². The lowest BCUT2D eigenvalue weighted by Gasteiger charge is -2.29. The predicted molar refractivity (Wildman–Crippen MR) is 97.6 cm³/mol. The number of rotatable bonds is 2. The van der Waals surface area contributed by atoms with Crippen molar-refractivity contribution < 1.29 is 9.59 Å². The average molecular weight is 370 g/mol. The maximum absolute atomic E-state index is 12.5. The second-order valence-corrected chi connectivity index (χ2v) is 7.54. The van der Waals surface area contributed by atoms with Gasteiger partial charge in [-0.3, -0.25) is 14.4 Å². The Kier molecular flexibility index (Phi) is 4.43. The minimum absolute atomic E-state index is 0.106. The molecule has 2 aromatic rings. The van der Waals surface area contributed by atoms with E-state index in [9.17, 15) is 14.4 Å². The first kappa shape index (κ1) is 17.9. The van der Waals surface area contributed by atoms with Crippen LogP contribution in [0.2, 0.25) is 5.02 Å². The molecule has 1 amide bonds. The van der Waals surface area contributed by atoms with E-state index in [4.69, 9.17) is 16.9 Å². The number of nitriles is 1. The number of Topliss-reactive ketones (excluding diaryl/α,β-unsaturated/α-hetero) is 1. The molecule has 0 aliphatic heterocycles. The van der Waals surface area contributed by atoms with Crippen LogP contribution in [-0.4, -0.2) is 16.7 Å². The summed E-state index contributed by atoms with van der Waals surface area (Å²) in [6.45, 7) is 3.91. The van der Waals surface area contributed by atoms with Crippen molar-refractivity contribution in [1.82, 2.24) is 4.98 Å². The number of benzene rings is 1. The quantitative estimate of drug-likeness (QED) is 0.847. The van der Waals surface area contributed by atoms with Crippen LogP contribution < -0.4 is 10.9 Å². The van der Waals surface area contributed by atoms with Gasteiger partial charge in [-0.05, 0) is 36.1 Å². The Morgan fingerprint density at radius 3 is 2.69 bits per heavy atom. The van der Waals surface area contributed by atoms with E-state index >= 15 is 0 Å². The molecule has 0 radical (unpaired) electrons. The average Bonchev–Trinajstić information content (AvgIpc) is 2.54. The van der Waals surface area contributed by atoms with Crippen LogP contribution in [0.3, 0.4) is 0 Å². The number of aromatic amines is 1. The Morgan fingerprint density at radius 1 is 1.27 bits per heavy atom. The van der Waals surface area contributed by atoms with Crippen LogP contribution in [0.15, 0.2) is 29.1 Å². The number of aromatic nitrogens is 1. The van der Waals surface area contributed by atoms with Gasteiger partial charge in [0.1, 0.15) is 11.6 Å². The number of amides is 1. The number of carbonyl (C=O) groups is 2. The molecule has 1 aliphatic carbocycles. The van der Waals surface area contributed by atoms with Gasteiger partial charge < -0.3 is 10.3 Å². The van der Waals surface area contributed by atoms with E-state index in [0.29, 0.717) is 29.1 Å². The number of carbonyl (C=O) groups excluding carboxylic acids is 2. The number of pyridine rings is 1. The van der Waals surface area contributed by atoms with E-state index in [2.05, 4.69) is 10.3 Å². The van der Waals surface area contributed by atoms with Crippen molar-refractivity contribution in [2.45, 2.75) is 26.7 Å².